The second kappa shape index (κ2) is 5.95. The average Bonchev–Trinajstić information content (AvgIpc) is 2.86. The first kappa shape index (κ1) is 13.7. The van der Waals surface area contributed by atoms with Gasteiger partial charge in [-0.2, -0.15) is 5.10 Å². The van der Waals surface area contributed by atoms with Crippen LogP contribution in [0.15, 0.2) is 9.85 Å². The van der Waals surface area contributed by atoms with Crippen molar-refractivity contribution in [2.45, 2.75) is 33.4 Å². The van der Waals surface area contributed by atoms with Gasteiger partial charge >= 0.3 is 0 Å². The lowest BCUT2D eigenvalue weighted by Crippen LogP contribution is -2.15. The van der Waals surface area contributed by atoms with Crippen LogP contribution < -0.4 is 5.32 Å². The maximum atomic E-state index is 4.47. The van der Waals surface area contributed by atoms with Crippen molar-refractivity contribution >= 4 is 27.3 Å². The van der Waals surface area contributed by atoms with Crippen molar-refractivity contribution in [3.63, 3.8) is 0 Å². The largest absolute Gasteiger partial charge is 0.305 e. The molecule has 0 unspecified atom stereocenters. The summed E-state index contributed by atoms with van der Waals surface area (Å²) in [4.78, 5) is 4.43. The van der Waals surface area contributed by atoms with Gasteiger partial charge in [0, 0.05) is 25.5 Å². The van der Waals surface area contributed by atoms with E-state index in [4.69, 9.17) is 0 Å². The Balaban J connectivity index is 1.96. The van der Waals surface area contributed by atoms with Crippen molar-refractivity contribution < 1.29 is 0 Å². The summed E-state index contributed by atoms with van der Waals surface area (Å²) in [7, 11) is 1.98. The lowest BCUT2D eigenvalue weighted by Gasteiger charge is -2.04. The van der Waals surface area contributed by atoms with Gasteiger partial charge in [0.05, 0.1) is 26.6 Å². The van der Waals surface area contributed by atoms with Gasteiger partial charge in [0.2, 0.25) is 0 Å². The first-order valence-electron chi connectivity index (χ1n) is 5.93. The number of nitrogens with zero attached hydrogens (tertiary/aromatic N) is 3. The highest BCUT2D eigenvalue weighted by molar-refractivity contribution is 9.10. The molecule has 6 heteroatoms. The summed E-state index contributed by atoms with van der Waals surface area (Å²) in [6, 6.07) is 0. The molecule has 4 nitrogen and oxygen atoms in total. The fourth-order valence-corrected chi connectivity index (χ4v) is 3.18. The van der Waals surface area contributed by atoms with E-state index in [2.05, 4.69) is 43.6 Å². The van der Waals surface area contributed by atoms with Crippen molar-refractivity contribution in [2.75, 3.05) is 0 Å². The summed E-state index contributed by atoms with van der Waals surface area (Å²) in [5.41, 5.74) is 3.39. The molecule has 0 aliphatic rings. The minimum absolute atomic E-state index is 0.792. The highest BCUT2D eigenvalue weighted by Crippen LogP contribution is 2.21. The standard InChI is InChI=1S/C12H17BrN4S/c1-4-10-12(13)11(17(3)16-10)6-14-5-9-7-18-8(2)15-9/h7,14H,4-6H2,1-3H3. The molecule has 0 atom stereocenters. The first-order chi connectivity index (χ1) is 8.61. The monoisotopic (exact) mass is 328 g/mol. The topological polar surface area (TPSA) is 42.7 Å². The van der Waals surface area contributed by atoms with Crippen molar-refractivity contribution in [3.8, 4) is 0 Å². The van der Waals surface area contributed by atoms with Gasteiger partial charge in [-0.25, -0.2) is 4.98 Å². The second-order valence-corrected chi connectivity index (χ2v) is 6.00. The zero-order valence-corrected chi connectivity index (χ0v) is 13.2. The molecule has 0 saturated heterocycles. The number of thiazole rings is 1. The number of rotatable bonds is 5. The van der Waals surface area contributed by atoms with Crippen LogP contribution in [-0.4, -0.2) is 14.8 Å². The molecule has 0 radical (unpaired) electrons. The Bertz CT molecular complexity index is 532. The van der Waals surface area contributed by atoms with E-state index in [1.165, 1.54) is 5.69 Å². The lowest BCUT2D eigenvalue weighted by atomic mass is 10.3. The Morgan fingerprint density at radius 1 is 1.44 bits per heavy atom. The summed E-state index contributed by atoms with van der Waals surface area (Å²) in [6.07, 6.45) is 0.944. The fourth-order valence-electron chi connectivity index (χ4n) is 1.81. The number of halogens is 1. The zero-order chi connectivity index (χ0) is 13.1. The summed E-state index contributed by atoms with van der Waals surface area (Å²) in [6.45, 7) is 5.73. The molecule has 0 fully saturated rings. The number of aromatic nitrogens is 3. The van der Waals surface area contributed by atoms with Gasteiger partial charge in [0.1, 0.15) is 0 Å². The van der Waals surface area contributed by atoms with E-state index in [9.17, 15) is 0 Å². The van der Waals surface area contributed by atoms with Gasteiger partial charge in [0.25, 0.3) is 0 Å². The smallest absolute Gasteiger partial charge is 0.0897 e. The number of nitrogens with one attached hydrogen (secondary N) is 1. The van der Waals surface area contributed by atoms with Gasteiger partial charge in [-0.3, -0.25) is 4.68 Å². The molecule has 2 aromatic rings. The average molecular weight is 329 g/mol. The van der Waals surface area contributed by atoms with Crippen LogP contribution in [0.2, 0.25) is 0 Å². The molecular weight excluding hydrogens is 312 g/mol. The second-order valence-electron chi connectivity index (χ2n) is 4.15. The molecule has 2 aromatic heterocycles. The Kier molecular flexibility index (Phi) is 4.53. The highest BCUT2D eigenvalue weighted by atomic mass is 79.9. The van der Waals surface area contributed by atoms with Crippen LogP contribution in [0.4, 0.5) is 0 Å². The lowest BCUT2D eigenvalue weighted by molar-refractivity contribution is 0.617. The summed E-state index contributed by atoms with van der Waals surface area (Å²) in [5, 5.41) is 11.1. The number of hydrogen-bond acceptors (Lipinski definition) is 4. The highest BCUT2D eigenvalue weighted by Gasteiger charge is 2.11. The Morgan fingerprint density at radius 3 is 2.78 bits per heavy atom. The molecule has 2 heterocycles. The van der Waals surface area contributed by atoms with Gasteiger partial charge in [-0.1, -0.05) is 6.92 Å². The molecule has 0 aliphatic heterocycles. The molecule has 2 rings (SSSR count). The molecule has 98 valence electrons. The van der Waals surface area contributed by atoms with E-state index < -0.39 is 0 Å². The maximum Gasteiger partial charge on any atom is 0.0897 e. The van der Waals surface area contributed by atoms with Crippen LogP contribution in [-0.2, 0) is 26.6 Å². The van der Waals surface area contributed by atoms with Gasteiger partial charge in [-0.15, -0.1) is 11.3 Å². The van der Waals surface area contributed by atoms with Crippen LogP contribution in [0, 0.1) is 6.92 Å². The summed E-state index contributed by atoms with van der Waals surface area (Å²) in [5.74, 6) is 0. The van der Waals surface area contributed by atoms with Gasteiger partial charge in [0.15, 0.2) is 0 Å². The van der Waals surface area contributed by atoms with Gasteiger partial charge in [-0.05, 0) is 29.3 Å². The van der Waals surface area contributed by atoms with E-state index in [-0.39, 0.29) is 0 Å². The molecule has 0 spiro atoms. The van der Waals surface area contributed by atoms with E-state index >= 15 is 0 Å². The van der Waals surface area contributed by atoms with Crippen LogP contribution in [0.5, 0.6) is 0 Å². The Labute approximate surface area is 120 Å². The minimum atomic E-state index is 0.792. The predicted molar refractivity (Wildman–Crippen MR) is 77.7 cm³/mol. The Hall–Kier alpha value is -0.720. The van der Waals surface area contributed by atoms with Gasteiger partial charge < -0.3 is 5.32 Å². The van der Waals surface area contributed by atoms with Crippen molar-refractivity contribution in [2.24, 2.45) is 7.05 Å². The normalized spacial score (nSPS) is 11.1. The van der Waals surface area contributed by atoms with Crippen LogP contribution in [0.3, 0.4) is 0 Å². The molecule has 0 bridgehead atoms. The predicted octanol–water partition coefficient (Wildman–Crippen LogP) is 2.80. The summed E-state index contributed by atoms with van der Waals surface area (Å²) >= 11 is 5.30. The van der Waals surface area contributed by atoms with E-state index in [0.29, 0.717) is 0 Å². The van der Waals surface area contributed by atoms with Crippen LogP contribution in [0.1, 0.15) is 29.0 Å². The zero-order valence-electron chi connectivity index (χ0n) is 10.8. The third kappa shape index (κ3) is 2.99. The molecule has 0 amide bonds. The van der Waals surface area contributed by atoms with Crippen molar-refractivity contribution in [3.05, 3.63) is 31.9 Å². The van der Waals surface area contributed by atoms with Crippen LogP contribution in [0.25, 0.3) is 0 Å². The number of aryl methyl sites for hydroxylation is 3. The summed E-state index contributed by atoms with van der Waals surface area (Å²) < 4.78 is 3.05. The number of hydrogen-bond donors (Lipinski definition) is 1. The molecule has 1 N–H and O–H groups in total. The van der Waals surface area contributed by atoms with E-state index in [1.807, 2.05) is 18.7 Å². The molecule has 0 aliphatic carbocycles. The van der Waals surface area contributed by atoms with Crippen LogP contribution >= 0.6 is 27.3 Å². The van der Waals surface area contributed by atoms with Crippen molar-refractivity contribution in [1.82, 2.24) is 20.1 Å². The van der Waals surface area contributed by atoms with E-state index in [1.54, 1.807) is 11.3 Å². The molecule has 18 heavy (non-hydrogen) atoms. The molecule has 0 saturated carbocycles. The third-order valence-corrected chi connectivity index (χ3v) is 4.51. The fraction of sp³-hybridized carbons (Fsp3) is 0.500. The SMILES string of the molecule is CCc1nn(C)c(CNCc2csc(C)n2)c1Br. The molecule has 0 aromatic carbocycles. The first-order valence-corrected chi connectivity index (χ1v) is 7.61. The Morgan fingerprint density at radius 2 is 2.22 bits per heavy atom. The third-order valence-electron chi connectivity index (χ3n) is 2.77. The minimum Gasteiger partial charge on any atom is -0.305 e. The molecular formula is C12H17BrN4S. The maximum absolute atomic E-state index is 4.47. The van der Waals surface area contributed by atoms with Crippen molar-refractivity contribution in [1.29, 1.82) is 0 Å². The van der Waals surface area contributed by atoms with E-state index in [0.717, 1.165) is 40.4 Å². The quantitative estimate of drug-likeness (QED) is 0.917.